The van der Waals surface area contributed by atoms with Crippen molar-refractivity contribution in [1.82, 2.24) is 10.2 Å². The topological polar surface area (TPSA) is 44.4 Å². The summed E-state index contributed by atoms with van der Waals surface area (Å²) in [6.07, 6.45) is 0. The highest BCUT2D eigenvalue weighted by molar-refractivity contribution is 7.10. The number of carbonyl (C=O) groups is 1. The molecule has 1 amide bonds. The molecule has 0 aromatic carbocycles. The van der Waals surface area contributed by atoms with Crippen LogP contribution in [0, 0.1) is 5.92 Å². The van der Waals surface area contributed by atoms with Crippen LogP contribution in [0.25, 0.3) is 0 Å². The first-order valence-electron chi connectivity index (χ1n) is 6.63. The predicted octanol–water partition coefficient (Wildman–Crippen LogP) is 2.38. The highest BCUT2D eigenvalue weighted by Gasteiger charge is 2.15. The fourth-order valence-electron chi connectivity index (χ4n) is 2.13. The summed E-state index contributed by atoms with van der Waals surface area (Å²) >= 11 is 1.67. The molecule has 19 heavy (non-hydrogen) atoms. The Morgan fingerprint density at radius 3 is 2.63 bits per heavy atom. The zero-order chi connectivity index (χ0) is 14.4. The number of nitrogens with one attached hydrogen (secondary N) is 2. The van der Waals surface area contributed by atoms with E-state index in [1.807, 2.05) is 11.4 Å². The maximum atomic E-state index is 11.1. The number of thiophene rings is 1. The standard InChI is InChI=1S/C14H25N3OS/c1-10(2)13(17(4)5)8-15-9-14-12(6-7-19-14)16-11(3)18/h6-7,10,13,15H,8-9H2,1-5H3,(H,16,18). The van der Waals surface area contributed by atoms with E-state index >= 15 is 0 Å². The molecule has 0 saturated carbocycles. The van der Waals surface area contributed by atoms with E-state index in [2.05, 4.69) is 43.5 Å². The first kappa shape index (κ1) is 16.1. The lowest BCUT2D eigenvalue weighted by atomic mass is 10.0. The fourth-order valence-corrected chi connectivity index (χ4v) is 2.93. The molecule has 1 heterocycles. The van der Waals surface area contributed by atoms with Gasteiger partial charge in [0, 0.05) is 30.9 Å². The number of rotatable bonds is 7. The maximum absolute atomic E-state index is 11.1. The smallest absolute Gasteiger partial charge is 0.221 e. The Labute approximate surface area is 120 Å². The number of hydrogen-bond donors (Lipinski definition) is 2. The van der Waals surface area contributed by atoms with Crippen molar-refractivity contribution in [2.45, 2.75) is 33.4 Å². The SMILES string of the molecule is CC(=O)Nc1ccsc1CNCC(C(C)C)N(C)C. The Morgan fingerprint density at radius 1 is 1.42 bits per heavy atom. The van der Waals surface area contributed by atoms with Gasteiger partial charge in [-0.2, -0.15) is 0 Å². The molecule has 0 spiro atoms. The number of carbonyl (C=O) groups excluding carboxylic acids is 1. The van der Waals surface area contributed by atoms with Gasteiger partial charge >= 0.3 is 0 Å². The molecule has 0 aliphatic heterocycles. The van der Waals surface area contributed by atoms with Gasteiger partial charge in [0.05, 0.1) is 5.69 Å². The molecule has 0 aliphatic carbocycles. The van der Waals surface area contributed by atoms with Crippen molar-refractivity contribution in [3.05, 3.63) is 16.3 Å². The van der Waals surface area contributed by atoms with Crippen molar-refractivity contribution in [3.63, 3.8) is 0 Å². The summed E-state index contributed by atoms with van der Waals surface area (Å²) in [5.41, 5.74) is 0.927. The van der Waals surface area contributed by atoms with E-state index in [9.17, 15) is 4.79 Å². The van der Waals surface area contributed by atoms with Crippen molar-refractivity contribution >= 4 is 22.9 Å². The number of anilines is 1. The summed E-state index contributed by atoms with van der Waals surface area (Å²) in [4.78, 5) is 14.5. The van der Waals surface area contributed by atoms with E-state index in [0.29, 0.717) is 12.0 Å². The molecule has 108 valence electrons. The minimum absolute atomic E-state index is 0.0204. The molecular weight excluding hydrogens is 258 g/mol. The number of nitrogens with zero attached hydrogens (tertiary/aromatic N) is 1. The highest BCUT2D eigenvalue weighted by atomic mass is 32.1. The molecule has 4 nitrogen and oxygen atoms in total. The van der Waals surface area contributed by atoms with Gasteiger partial charge in [0.1, 0.15) is 0 Å². The predicted molar refractivity (Wildman–Crippen MR) is 82.6 cm³/mol. The lowest BCUT2D eigenvalue weighted by Gasteiger charge is -2.28. The minimum atomic E-state index is -0.0204. The molecule has 0 saturated heterocycles. The second-order valence-corrected chi connectivity index (χ2v) is 6.35. The summed E-state index contributed by atoms with van der Waals surface area (Å²) in [6, 6.07) is 2.47. The Kier molecular flexibility index (Phi) is 6.48. The molecule has 1 atom stereocenters. The zero-order valence-corrected chi connectivity index (χ0v) is 13.3. The van der Waals surface area contributed by atoms with E-state index in [1.54, 1.807) is 11.3 Å². The van der Waals surface area contributed by atoms with E-state index in [4.69, 9.17) is 0 Å². The molecule has 1 aromatic heterocycles. The molecule has 1 aromatic rings. The quantitative estimate of drug-likeness (QED) is 0.807. The van der Waals surface area contributed by atoms with E-state index < -0.39 is 0 Å². The molecule has 1 rings (SSSR count). The molecule has 0 fully saturated rings. The van der Waals surface area contributed by atoms with Gasteiger partial charge in [0.2, 0.25) is 5.91 Å². The van der Waals surface area contributed by atoms with Crippen LogP contribution in [0.5, 0.6) is 0 Å². The van der Waals surface area contributed by atoms with Gasteiger partial charge in [-0.1, -0.05) is 13.8 Å². The van der Waals surface area contributed by atoms with Gasteiger partial charge in [0.15, 0.2) is 0 Å². The third-order valence-corrected chi connectivity index (χ3v) is 4.05. The molecule has 2 N–H and O–H groups in total. The number of likely N-dealkylation sites (N-methyl/N-ethyl adjacent to an activating group) is 1. The molecule has 0 bridgehead atoms. The van der Waals surface area contributed by atoms with Crippen molar-refractivity contribution < 1.29 is 4.79 Å². The molecule has 0 aliphatic rings. The maximum Gasteiger partial charge on any atom is 0.221 e. The van der Waals surface area contributed by atoms with Gasteiger partial charge < -0.3 is 15.5 Å². The Hall–Kier alpha value is -0.910. The summed E-state index contributed by atoms with van der Waals surface area (Å²) in [5, 5.41) is 8.35. The van der Waals surface area contributed by atoms with Gasteiger partial charge in [0.25, 0.3) is 0 Å². The second-order valence-electron chi connectivity index (χ2n) is 5.34. The Balaban J connectivity index is 2.48. The van der Waals surface area contributed by atoms with Gasteiger partial charge in [-0.15, -0.1) is 11.3 Å². The first-order valence-corrected chi connectivity index (χ1v) is 7.51. The third-order valence-electron chi connectivity index (χ3n) is 3.13. The summed E-state index contributed by atoms with van der Waals surface area (Å²) in [5.74, 6) is 0.591. The monoisotopic (exact) mass is 283 g/mol. The first-order chi connectivity index (χ1) is 8.91. The average Bonchev–Trinajstić information content (AvgIpc) is 2.70. The minimum Gasteiger partial charge on any atom is -0.325 e. The third kappa shape index (κ3) is 5.30. The number of amides is 1. The average molecular weight is 283 g/mol. The van der Waals surface area contributed by atoms with Crippen LogP contribution in [0.3, 0.4) is 0 Å². The van der Waals surface area contributed by atoms with Crippen molar-refractivity contribution in [2.24, 2.45) is 5.92 Å². The van der Waals surface area contributed by atoms with Crippen LogP contribution < -0.4 is 10.6 Å². The summed E-state index contributed by atoms with van der Waals surface area (Å²) in [6.45, 7) is 7.75. The van der Waals surface area contributed by atoms with Crippen LogP contribution in [0.15, 0.2) is 11.4 Å². The van der Waals surface area contributed by atoms with Gasteiger partial charge in [-0.25, -0.2) is 0 Å². The molecule has 1 unspecified atom stereocenters. The van der Waals surface area contributed by atoms with Crippen LogP contribution in [0.1, 0.15) is 25.6 Å². The van der Waals surface area contributed by atoms with Crippen LogP contribution in [-0.4, -0.2) is 37.5 Å². The van der Waals surface area contributed by atoms with Crippen LogP contribution in [0.2, 0.25) is 0 Å². The lowest BCUT2D eigenvalue weighted by Crippen LogP contribution is -2.41. The number of hydrogen-bond acceptors (Lipinski definition) is 4. The Bertz CT molecular complexity index is 393. The fraction of sp³-hybridized carbons (Fsp3) is 0.643. The Morgan fingerprint density at radius 2 is 2.11 bits per heavy atom. The largest absolute Gasteiger partial charge is 0.325 e. The van der Waals surface area contributed by atoms with E-state index in [-0.39, 0.29) is 5.91 Å². The lowest BCUT2D eigenvalue weighted by molar-refractivity contribution is -0.114. The summed E-state index contributed by atoms with van der Waals surface area (Å²) < 4.78 is 0. The highest BCUT2D eigenvalue weighted by Crippen LogP contribution is 2.22. The van der Waals surface area contributed by atoms with Crippen molar-refractivity contribution in [3.8, 4) is 0 Å². The van der Waals surface area contributed by atoms with Gasteiger partial charge in [-0.05, 0) is 31.5 Å². The molecule has 0 radical (unpaired) electrons. The van der Waals surface area contributed by atoms with Gasteiger partial charge in [-0.3, -0.25) is 4.79 Å². The van der Waals surface area contributed by atoms with E-state index in [1.165, 1.54) is 11.8 Å². The second kappa shape index (κ2) is 7.62. The summed E-state index contributed by atoms with van der Waals surface area (Å²) in [7, 11) is 4.22. The normalized spacial score (nSPS) is 13.0. The van der Waals surface area contributed by atoms with Crippen LogP contribution in [0.4, 0.5) is 5.69 Å². The van der Waals surface area contributed by atoms with Crippen LogP contribution >= 0.6 is 11.3 Å². The molecular formula is C14H25N3OS. The van der Waals surface area contributed by atoms with Crippen LogP contribution in [-0.2, 0) is 11.3 Å². The molecule has 5 heteroatoms. The van der Waals surface area contributed by atoms with Crippen molar-refractivity contribution in [1.29, 1.82) is 0 Å². The van der Waals surface area contributed by atoms with E-state index in [0.717, 1.165) is 18.8 Å². The van der Waals surface area contributed by atoms with Crippen molar-refractivity contribution in [2.75, 3.05) is 26.0 Å². The zero-order valence-electron chi connectivity index (χ0n) is 12.5.